The van der Waals surface area contributed by atoms with Crippen molar-refractivity contribution in [3.05, 3.63) is 97.1 Å². The van der Waals surface area contributed by atoms with E-state index in [9.17, 15) is 0 Å². The Morgan fingerprint density at radius 1 is 0.441 bits per heavy atom. The molecule has 0 bridgehead atoms. The van der Waals surface area contributed by atoms with Crippen molar-refractivity contribution in [2.75, 3.05) is 0 Å². The summed E-state index contributed by atoms with van der Waals surface area (Å²) in [4.78, 5) is 18.8. The average Bonchev–Trinajstić information content (AvgIpc) is 3.48. The van der Waals surface area contributed by atoms with Crippen LogP contribution in [0, 0.1) is 0 Å². The Morgan fingerprint density at radius 2 is 1.06 bits per heavy atom. The molecule has 4 aromatic carbocycles. The first-order chi connectivity index (χ1) is 16.8. The van der Waals surface area contributed by atoms with Crippen LogP contribution in [0.1, 0.15) is 0 Å². The van der Waals surface area contributed by atoms with Crippen molar-refractivity contribution >= 4 is 33.0 Å². The number of para-hydroxylation sites is 1. The van der Waals surface area contributed by atoms with Gasteiger partial charge >= 0.3 is 0 Å². The number of nitrogens with zero attached hydrogens (tertiary/aromatic N) is 4. The van der Waals surface area contributed by atoms with Crippen molar-refractivity contribution in [1.29, 1.82) is 0 Å². The Balaban J connectivity index is 1.43. The van der Waals surface area contributed by atoms with Crippen LogP contribution in [0.3, 0.4) is 0 Å². The molecule has 34 heavy (non-hydrogen) atoms. The molecule has 7 aromatic rings. The predicted molar refractivity (Wildman–Crippen MR) is 131 cm³/mol. The van der Waals surface area contributed by atoms with Crippen LogP contribution in [0.25, 0.3) is 67.5 Å². The molecule has 3 aromatic heterocycles. The first-order valence-corrected chi connectivity index (χ1v) is 10.9. The maximum Gasteiger partial charge on any atom is 0.266 e. The van der Waals surface area contributed by atoms with E-state index in [0.717, 1.165) is 38.6 Å². The average molecular weight is 440 g/mol. The van der Waals surface area contributed by atoms with E-state index in [4.69, 9.17) is 28.8 Å². The molecule has 0 atom stereocenters. The maximum atomic E-state index is 6.12. The zero-order valence-corrected chi connectivity index (χ0v) is 17.8. The van der Waals surface area contributed by atoms with Crippen molar-refractivity contribution in [3.8, 4) is 34.5 Å². The lowest BCUT2D eigenvalue weighted by Crippen LogP contribution is -2.00. The summed E-state index contributed by atoms with van der Waals surface area (Å²) in [6.45, 7) is 0. The van der Waals surface area contributed by atoms with E-state index >= 15 is 0 Å². The highest BCUT2D eigenvalue weighted by Crippen LogP contribution is 2.33. The number of hydrogen-bond donors (Lipinski definition) is 0. The largest absolute Gasteiger partial charge is 0.456 e. The molecular weight excluding hydrogens is 424 g/mol. The molecule has 0 unspecified atom stereocenters. The van der Waals surface area contributed by atoms with E-state index in [1.54, 1.807) is 0 Å². The fraction of sp³-hybridized carbons (Fsp3) is 0. The molecular formula is C28H16N4O2. The Kier molecular flexibility index (Phi) is 4.04. The molecule has 6 heteroatoms. The van der Waals surface area contributed by atoms with Crippen LogP contribution in [-0.4, -0.2) is 19.9 Å². The normalized spacial score (nSPS) is 11.5. The van der Waals surface area contributed by atoms with E-state index in [-0.39, 0.29) is 0 Å². The lowest BCUT2D eigenvalue weighted by molar-refractivity contribution is 0.610. The summed E-state index contributed by atoms with van der Waals surface area (Å²) >= 11 is 0. The first kappa shape index (κ1) is 18.7. The van der Waals surface area contributed by atoms with Gasteiger partial charge < -0.3 is 8.83 Å². The van der Waals surface area contributed by atoms with Gasteiger partial charge in [-0.1, -0.05) is 78.9 Å². The van der Waals surface area contributed by atoms with E-state index in [2.05, 4.69) is 0 Å². The van der Waals surface area contributed by atoms with Gasteiger partial charge in [0.05, 0.1) is 0 Å². The first-order valence-electron chi connectivity index (χ1n) is 10.9. The second-order valence-corrected chi connectivity index (χ2v) is 7.97. The molecule has 0 aliphatic carbocycles. The highest BCUT2D eigenvalue weighted by atomic mass is 16.4. The summed E-state index contributed by atoms with van der Waals surface area (Å²) in [5.74, 6) is 1.84. The third kappa shape index (κ3) is 3.04. The standard InChI is InChI=1S/C28H16N4O2/c1-3-9-17(10-4-1)25-30-26(18-11-5-2-6-12-18)32-27(31-25)28-29-21-15-20-19-13-7-8-14-22(19)33-23(20)16-24(21)34-28/h1-16H. The van der Waals surface area contributed by atoms with Gasteiger partial charge in [-0.2, -0.15) is 0 Å². The number of oxazole rings is 1. The quantitative estimate of drug-likeness (QED) is 0.297. The van der Waals surface area contributed by atoms with Gasteiger partial charge in [0, 0.05) is 28.0 Å². The molecule has 6 nitrogen and oxygen atoms in total. The number of fused-ring (bicyclic) bond motifs is 4. The summed E-state index contributed by atoms with van der Waals surface area (Å²) < 4.78 is 12.1. The molecule has 0 radical (unpaired) electrons. The minimum Gasteiger partial charge on any atom is -0.456 e. The van der Waals surface area contributed by atoms with E-state index in [1.165, 1.54) is 0 Å². The Labute approximate surface area is 193 Å². The molecule has 0 aliphatic rings. The second-order valence-electron chi connectivity index (χ2n) is 7.97. The summed E-state index contributed by atoms with van der Waals surface area (Å²) in [6.07, 6.45) is 0. The lowest BCUT2D eigenvalue weighted by atomic mass is 10.1. The van der Waals surface area contributed by atoms with Gasteiger partial charge in [-0.25, -0.2) is 19.9 Å². The van der Waals surface area contributed by atoms with Crippen molar-refractivity contribution in [1.82, 2.24) is 19.9 Å². The Bertz CT molecular complexity index is 1750. The van der Waals surface area contributed by atoms with E-state index < -0.39 is 0 Å². The maximum absolute atomic E-state index is 6.12. The van der Waals surface area contributed by atoms with Crippen LogP contribution in [0.2, 0.25) is 0 Å². The van der Waals surface area contributed by atoms with Gasteiger partial charge in [0.15, 0.2) is 17.2 Å². The monoisotopic (exact) mass is 440 g/mol. The van der Waals surface area contributed by atoms with Gasteiger partial charge in [0.2, 0.25) is 5.82 Å². The minimum atomic E-state index is 0.337. The Morgan fingerprint density at radius 3 is 1.76 bits per heavy atom. The van der Waals surface area contributed by atoms with Crippen LogP contribution in [-0.2, 0) is 0 Å². The summed E-state index contributed by atoms with van der Waals surface area (Å²) in [6, 6.07) is 31.5. The zero-order chi connectivity index (χ0) is 22.5. The van der Waals surface area contributed by atoms with E-state index in [0.29, 0.717) is 28.9 Å². The number of furan rings is 1. The SMILES string of the molecule is c1ccc(-c2nc(-c3ccccc3)nc(-c3nc4cc5c(cc4o3)oc3ccccc35)n2)cc1. The summed E-state index contributed by atoms with van der Waals surface area (Å²) in [7, 11) is 0. The lowest BCUT2D eigenvalue weighted by Gasteiger charge is -2.06. The molecule has 0 N–H and O–H groups in total. The van der Waals surface area contributed by atoms with Gasteiger partial charge in [-0.15, -0.1) is 0 Å². The number of aromatic nitrogens is 4. The molecule has 0 amide bonds. The van der Waals surface area contributed by atoms with Crippen LogP contribution in [0.15, 0.2) is 106 Å². The van der Waals surface area contributed by atoms with E-state index in [1.807, 2.05) is 97.1 Å². The topological polar surface area (TPSA) is 77.8 Å². The van der Waals surface area contributed by atoms with Crippen molar-refractivity contribution in [3.63, 3.8) is 0 Å². The van der Waals surface area contributed by atoms with Crippen molar-refractivity contribution in [2.24, 2.45) is 0 Å². The van der Waals surface area contributed by atoms with Gasteiger partial charge in [-0.05, 0) is 12.1 Å². The molecule has 0 spiro atoms. The van der Waals surface area contributed by atoms with Crippen molar-refractivity contribution in [2.45, 2.75) is 0 Å². The number of hydrogen-bond acceptors (Lipinski definition) is 6. The van der Waals surface area contributed by atoms with Crippen LogP contribution < -0.4 is 0 Å². The molecule has 7 rings (SSSR count). The Hall–Kier alpha value is -4.84. The van der Waals surface area contributed by atoms with Crippen LogP contribution in [0.5, 0.6) is 0 Å². The smallest absolute Gasteiger partial charge is 0.266 e. The molecule has 3 heterocycles. The van der Waals surface area contributed by atoms with Gasteiger partial charge in [-0.3, -0.25) is 0 Å². The fourth-order valence-electron chi connectivity index (χ4n) is 4.15. The summed E-state index contributed by atoms with van der Waals surface area (Å²) in [5, 5.41) is 2.04. The van der Waals surface area contributed by atoms with Gasteiger partial charge in [0.25, 0.3) is 5.89 Å². The fourth-order valence-corrected chi connectivity index (χ4v) is 4.15. The highest BCUT2D eigenvalue weighted by Gasteiger charge is 2.18. The second kappa shape index (κ2) is 7.35. The van der Waals surface area contributed by atoms with Gasteiger partial charge in [0.1, 0.15) is 16.7 Å². The number of rotatable bonds is 3. The third-order valence-electron chi connectivity index (χ3n) is 5.78. The molecule has 160 valence electrons. The summed E-state index contributed by atoms with van der Waals surface area (Å²) in [5.41, 5.74) is 4.71. The molecule has 0 saturated heterocycles. The molecule has 0 aliphatic heterocycles. The third-order valence-corrected chi connectivity index (χ3v) is 5.78. The number of benzene rings is 4. The van der Waals surface area contributed by atoms with Crippen molar-refractivity contribution < 1.29 is 8.83 Å². The van der Waals surface area contributed by atoms with Crippen LogP contribution in [0.4, 0.5) is 0 Å². The zero-order valence-electron chi connectivity index (χ0n) is 17.8. The minimum absolute atomic E-state index is 0.337. The predicted octanol–water partition coefficient (Wildman–Crippen LogP) is 6.91. The van der Waals surface area contributed by atoms with Crippen LogP contribution >= 0.6 is 0 Å². The molecule has 0 saturated carbocycles. The molecule has 0 fully saturated rings. The highest BCUT2D eigenvalue weighted by molar-refractivity contribution is 6.08.